The number of nitrogens with two attached hydrogens (primary N) is 1. The summed E-state index contributed by atoms with van der Waals surface area (Å²) < 4.78 is 5.73. The van der Waals surface area contributed by atoms with Crippen molar-refractivity contribution in [2.24, 2.45) is 10.7 Å². The maximum absolute atomic E-state index is 5.73. The van der Waals surface area contributed by atoms with Crippen molar-refractivity contribution in [3.05, 3.63) is 35.9 Å². The normalized spacial score (nSPS) is 22.0. The first-order valence-corrected chi connectivity index (χ1v) is 5.26. The Bertz CT molecular complexity index is 346. The first kappa shape index (κ1) is 10.2. The molecule has 2 rings (SSSR count). The van der Waals surface area contributed by atoms with Gasteiger partial charge in [0.1, 0.15) is 6.10 Å². The monoisotopic (exact) mass is 204 g/mol. The van der Waals surface area contributed by atoms with Crippen LogP contribution in [0.1, 0.15) is 25.0 Å². The fraction of sp³-hybridized carbons (Fsp3) is 0.417. The first-order chi connectivity index (χ1) is 7.25. The second-order valence-corrected chi connectivity index (χ2v) is 3.93. The predicted molar refractivity (Wildman–Crippen MR) is 60.8 cm³/mol. The van der Waals surface area contributed by atoms with Crippen LogP contribution in [0.15, 0.2) is 35.3 Å². The minimum atomic E-state index is 0.0833. The summed E-state index contributed by atoms with van der Waals surface area (Å²) >= 11 is 0. The van der Waals surface area contributed by atoms with Gasteiger partial charge >= 0.3 is 0 Å². The largest absolute Gasteiger partial charge is 0.471 e. The number of rotatable bonds is 3. The number of hydrogen-bond acceptors (Lipinski definition) is 3. The Morgan fingerprint density at radius 2 is 2.20 bits per heavy atom. The number of hydrogen-bond donors (Lipinski definition) is 1. The van der Waals surface area contributed by atoms with Crippen LogP contribution in [-0.4, -0.2) is 18.5 Å². The van der Waals surface area contributed by atoms with Gasteiger partial charge in [0.2, 0.25) is 0 Å². The molecule has 0 saturated carbocycles. The maximum Gasteiger partial charge on any atom is 0.185 e. The Kier molecular flexibility index (Phi) is 3.02. The summed E-state index contributed by atoms with van der Waals surface area (Å²) in [4.78, 5) is 4.35. The van der Waals surface area contributed by atoms with Crippen LogP contribution in [0, 0.1) is 0 Å². The van der Waals surface area contributed by atoms with Gasteiger partial charge in [-0.25, -0.2) is 0 Å². The van der Waals surface area contributed by atoms with Gasteiger partial charge in [-0.2, -0.15) is 0 Å². The Morgan fingerprint density at radius 1 is 1.47 bits per heavy atom. The van der Waals surface area contributed by atoms with Crippen molar-refractivity contribution in [1.29, 1.82) is 0 Å². The SMILES string of the molecule is CC(N)CC1=NCC(c2ccccc2)O1. The highest BCUT2D eigenvalue weighted by Gasteiger charge is 2.21. The third-order valence-corrected chi connectivity index (χ3v) is 2.38. The van der Waals surface area contributed by atoms with Gasteiger partial charge in [-0.15, -0.1) is 0 Å². The van der Waals surface area contributed by atoms with E-state index in [9.17, 15) is 0 Å². The molecule has 2 unspecified atom stereocenters. The molecule has 0 aromatic heterocycles. The Morgan fingerprint density at radius 3 is 2.87 bits per heavy atom. The molecule has 1 aromatic carbocycles. The molecular formula is C12H16N2O. The van der Waals surface area contributed by atoms with E-state index in [4.69, 9.17) is 10.5 Å². The maximum atomic E-state index is 5.73. The summed E-state index contributed by atoms with van der Waals surface area (Å²) in [7, 11) is 0. The molecule has 0 fully saturated rings. The third kappa shape index (κ3) is 2.57. The average molecular weight is 204 g/mol. The summed E-state index contributed by atoms with van der Waals surface area (Å²) in [5, 5.41) is 0. The van der Waals surface area contributed by atoms with Gasteiger partial charge in [0.05, 0.1) is 6.54 Å². The lowest BCUT2D eigenvalue weighted by Gasteiger charge is -2.12. The lowest BCUT2D eigenvalue weighted by Crippen LogP contribution is -2.20. The van der Waals surface area contributed by atoms with Crippen molar-refractivity contribution in [2.45, 2.75) is 25.5 Å². The Balaban J connectivity index is 1.96. The Hall–Kier alpha value is -1.35. The second kappa shape index (κ2) is 4.45. The van der Waals surface area contributed by atoms with Crippen LogP contribution >= 0.6 is 0 Å². The van der Waals surface area contributed by atoms with Gasteiger partial charge in [0, 0.05) is 12.5 Å². The highest BCUT2D eigenvalue weighted by atomic mass is 16.5. The van der Waals surface area contributed by atoms with Crippen LogP contribution in [0.2, 0.25) is 0 Å². The fourth-order valence-electron chi connectivity index (χ4n) is 1.65. The average Bonchev–Trinajstić information content (AvgIpc) is 2.67. The van der Waals surface area contributed by atoms with Crippen molar-refractivity contribution < 1.29 is 4.74 Å². The molecule has 3 heteroatoms. The minimum absolute atomic E-state index is 0.0833. The number of nitrogens with zero attached hydrogens (tertiary/aromatic N) is 1. The van der Waals surface area contributed by atoms with Crippen molar-refractivity contribution in [3.63, 3.8) is 0 Å². The molecule has 1 aromatic rings. The van der Waals surface area contributed by atoms with Crippen LogP contribution in [0.5, 0.6) is 0 Å². The number of ether oxygens (including phenoxy) is 1. The molecule has 2 N–H and O–H groups in total. The zero-order valence-corrected chi connectivity index (χ0v) is 8.89. The highest BCUT2D eigenvalue weighted by Crippen LogP contribution is 2.23. The summed E-state index contributed by atoms with van der Waals surface area (Å²) in [5.74, 6) is 0.791. The van der Waals surface area contributed by atoms with Crippen LogP contribution in [0.4, 0.5) is 0 Å². The fourth-order valence-corrected chi connectivity index (χ4v) is 1.65. The molecule has 0 aliphatic carbocycles. The highest BCUT2D eigenvalue weighted by molar-refractivity contribution is 5.78. The van der Waals surface area contributed by atoms with E-state index in [0.717, 1.165) is 12.3 Å². The predicted octanol–water partition coefficient (Wildman–Crippen LogP) is 1.89. The molecule has 0 bridgehead atoms. The molecular weight excluding hydrogens is 188 g/mol. The van der Waals surface area contributed by atoms with E-state index in [0.29, 0.717) is 6.54 Å². The zero-order valence-electron chi connectivity index (χ0n) is 8.89. The van der Waals surface area contributed by atoms with E-state index >= 15 is 0 Å². The summed E-state index contributed by atoms with van der Waals surface area (Å²) in [6.07, 6.45) is 0.809. The molecule has 1 aliphatic heterocycles. The van der Waals surface area contributed by atoms with E-state index < -0.39 is 0 Å². The molecule has 2 atom stereocenters. The van der Waals surface area contributed by atoms with Crippen molar-refractivity contribution >= 4 is 5.90 Å². The smallest absolute Gasteiger partial charge is 0.185 e. The van der Waals surface area contributed by atoms with E-state index in [1.165, 1.54) is 5.56 Å². The quantitative estimate of drug-likeness (QED) is 0.817. The van der Waals surface area contributed by atoms with Gasteiger partial charge in [-0.05, 0) is 12.5 Å². The van der Waals surface area contributed by atoms with Crippen molar-refractivity contribution in [1.82, 2.24) is 0 Å². The van der Waals surface area contributed by atoms with E-state index in [1.54, 1.807) is 0 Å². The molecule has 1 heterocycles. The van der Waals surface area contributed by atoms with Gasteiger partial charge in [0.25, 0.3) is 0 Å². The van der Waals surface area contributed by atoms with Gasteiger partial charge in [-0.3, -0.25) is 4.99 Å². The van der Waals surface area contributed by atoms with Crippen LogP contribution in [0.25, 0.3) is 0 Å². The first-order valence-electron chi connectivity index (χ1n) is 5.26. The van der Waals surface area contributed by atoms with Crippen molar-refractivity contribution in [3.8, 4) is 0 Å². The molecule has 1 aliphatic rings. The lowest BCUT2D eigenvalue weighted by molar-refractivity contribution is 0.222. The van der Waals surface area contributed by atoms with Crippen LogP contribution in [0.3, 0.4) is 0 Å². The molecule has 0 amide bonds. The topological polar surface area (TPSA) is 47.6 Å². The third-order valence-electron chi connectivity index (χ3n) is 2.38. The molecule has 80 valence electrons. The van der Waals surface area contributed by atoms with Gasteiger partial charge in [-0.1, -0.05) is 30.3 Å². The molecule has 0 radical (unpaired) electrons. The zero-order chi connectivity index (χ0) is 10.7. The number of aliphatic imine (C=N–C) groups is 1. The molecule has 15 heavy (non-hydrogen) atoms. The summed E-state index contributed by atoms with van der Waals surface area (Å²) in [6, 6.07) is 10.3. The summed E-state index contributed by atoms with van der Waals surface area (Å²) in [5.41, 5.74) is 6.88. The van der Waals surface area contributed by atoms with Crippen molar-refractivity contribution in [2.75, 3.05) is 6.54 Å². The standard InChI is InChI=1S/C12H16N2O/c1-9(13)7-12-14-8-11(15-12)10-5-3-2-4-6-10/h2-6,9,11H,7-8,13H2,1H3. The van der Waals surface area contributed by atoms with Gasteiger partial charge in [0.15, 0.2) is 5.90 Å². The minimum Gasteiger partial charge on any atom is -0.471 e. The van der Waals surface area contributed by atoms with E-state index in [2.05, 4.69) is 17.1 Å². The molecule has 0 spiro atoms. The molecule has 3 nitrogen and oxygen atoms in total. The lowest BCUT2D eigenvalue weighted by atomic mass is 10.1. The Labute approximate surface area is 90.0 Å². The van der Waals surface area contributed by atoms with Crippen LogP contribution < -0.4 is 5.73 Å². The van der Waals surface area contributed by atoms with Gasteiger partial charge < -0.3 is 10.5 Å². The summed E-state index contributed by atoms with van der Waals surface area (Å²) in [6.45, 7) is 2.67. The van der Waals surface area contributed by atoms with Crippen LogP contribution in [-0.2, 0) is 4.74 Å². The number of benzene rings is 1. The van der Waals surface area contributed by atoms with E-state index in [-0.39, 0.29) is 12.1 Å². The van der Waals surface area contributed by atoms with E-state index in [1.807, 2.05) is 25.1 Å². The molecule has 0 saturated heterocycles. The second-order valence-electron chi connectivity index (χ2n) is 3.93.